The predicted octanol–water partition coefficient (Wildman–Crippen LogP) is 5.77. The Bertz CT molecular complexity index is 953. The molecule has 0 bridgehead atoms. The van der Waals surface area contributed by atoms with Crippen LogP contribution < -0.4 is 10.5 Å². The first-order valence-electron chi connectivity index (χ1n) is 9.33. The fraction of sp³-hybridized carbons (Fsp3) is 0.273. The second-order valence-corrected chi connectivity index (χ2v) is 8.15. The molecule has 3 aromatic rings. The van der Waals surface area contributed by atoms with E-state index in [1.807, 2.05) is 48.5 Å². The van der Waals surface area contributed by atoms with Gasteiger partial charge in [0.25, 0.3) is 0 Å². The molecule has 0 spiro atoms. The highest BCUT2D eigenvalue weighted by Crippen LogP contribution is 2.32. The summed E-state index contributed by atoms with van der Waals surface area (Å²) in [7, 11) is 0. The van der Waals surface area contributed by atoms with Crippen molar-refractivity contribution in [1.29, 1.82) is 0 Å². The number of nitrogens with two attached hydrogens (primary N) is 1. The standard InChI is InChI=1S/C22H21Cl2N3O/c23-17-7-3-15(4-8-17)20-21(16-5-9-18(24)10-6-16)27-19(13-26-20)28-14-22(25)11-1-2-12-22/h3-10,13H,1-2,11-12,14,25H2. The van der Waals surface area contributed by atoms with Gasteiger partial charge >= 0.3 is 0 Å². The smallest absolute Gasteiger partial charge is 0.232 e. The van der Waals surface area contributed by atoms with Gasteiger partial charge in [-0.1, -0.05) is 60.3 Å². The summed E-state index contributed by atoms with van der Waals surface area (Å²) in [5.41, 5.74) is 9.47. The number of benzene rings is 2. The minimum Gasteiger partial charge on any atom is -0.475 e. The zero-order chi connectivity index (χ0) is 19.6. The Balaban J connectivity index is 1.69. The summed E-state index contributed by atoms with van der Waals surface area (Å²) in [6, 6.07) is 15.1. The number of ether oxygens (including phenoxy) is 1. The van der Waals surface area contributed by atoms with Gasteiger partial charge in [-0.2, -0.15) is 0 Å². The molecule has 0 saturated heterocycles. The first kappa shape index (κ1) is 19.2. The number of halogens is 2. The lowest BCUT2D eigenvalue weighted by molar-refractivity contribution is 0.213. The third-order valence-electron chi connectivity index (χ3n) is 5.09. The molecule has 1 heterocycles. The Hall–Kier alpha value is -2.14. The van der Waals surface area contributed by atoms with Gasteiger partial charge in [0.1, 0.15) is 12.3 Å². The van der Waals surface area contributed by atoms with Crippen molar-refractivity contribution in [3.63, 3.8) is 0 Å². The molecule has 0 atom stereocenters. The molecule has 1 fully saturated rings. The van der Waals surface area contributed by atoms with Crippen LogP contribution in [0.25, 0.3) is 22.5 Å². The van der Waals surface area contributed by atoms with Gasteiger partial charge in [-0.3, -0.25) is 0 Å². The van der Waals surface area contributed by atoms with E-state index in [1.165, 1.54) is 0 Å². The molecule has 6 heteroatoms. The molecule has 0 amide bonds. The van der Waals surface area contributed by atoms with Crippen molar-refractivity contribution in [3.05, 3.63) is 64.8 Å². The van der Waals surface area contributed by atoms with Crippen molar-refractivity contribution in [2.45, 2.75) is 31.2 Å². The van der Waals surface area contributed by atoms with Crippen molar-refractivity contribution in [1.82, 2.24) is 9.97 Å². The summed E-state index contributed by atoms with van der Waals surface area (Å²) in [5.74, 6) is 0.472. The van der Waals surface area contributed by atoms with Crippen LogP contribution >= 0.6 is 23.2 Å². The number of aromatic nitrogens is 2. The zero-order valence-electron chi connectivity index (χ0n) is 15.4. The summed E-state index contributed by atoms with van der Waals surface area (Å²) in [5, 5.41) is 1.35. The van der Waals surface area contributed by atoms with E-state index in [2.05, 4.69) is 4.98 Å². The van der Waals surface area contributed by atoms with Crippen molar-refractivity contribution in [2.24, 2.45) is 5.73 Å². The van der Waals surface area contributed by atoms with E-state index < -0.39 is 0 Å². The Morgan fingerprint density at radius 2 is 1.39 bits per heavy atom. The normalized spacial score (nSPS) is 15.5. The van der Waals surface area contributed by atoms with Gasteiger partial charge in [0.15, 0.2) is 0 Å². The Morgan fingerprint density at radius 3 is 1.96 bits per heavy atom. The van der Waals surface area contributed by atoms with Gasteiger partial charge in [0.05, 0.1) is 17.4 Å². The molecule has 1 aliphatic carbocycles. The number of rotatable bonds is 5. The van der Waals surface area contributed by atoms with Crippen LogP contribution in [0.1, 0.15) is 25.7 Å². The van der Waals surface area contributed by atoms with Crippen molar-refractivity contribution in [2.75, 3.05) is 6.61 Å². The molecule has 144 valence electrons. The molecule has 0 unspecified atom stereocenters. The lowest BCUT2D eigenvalue weighted by atomic mass is 10.0. The highest BCUT2D eigenvalue weighted by Gasteiger charge is 2.30. The third-order valence-corrected chi connectivity index (χ3v) is 5.60. The van der Waals surface area contributed by atoms with Crippen molar-refractivity contribution < 1.29 is 4.74 Å². The van der Waals surface area contributed by atoms with Crippen LogP contribution in [0.2, 0.25) is 10.0 Å². The van der Waals surface area contributed by atoms with Crippen LogP contribution in [0.15, 0.2) is 54.7 Å². The monoisotopic (exact) mass is 413 g/mol. The lowest BCUT2D eigenvalue weighted by Gasteiger charge is -2.23. The second-order valence-electron chi connectivity index (χ2n) is 7.28. The average molecular weight is 414 g/mol. The first-order valence-corrected chi connectivity index (χ1v) is 10.1. The van der Waals surface area contributed by atoms with Crippen LogP contribution in [0.3, 0.4) is 0 Å². The number of hydrogen-bond acceptors (Lipinski definition) is 4. The van der Waals surface area contributed by atoms with E-state index in [9.17, 15) is 0 Å². The van der Waals surface area contributed by atoms with Crippen LogP contribution in [0.4, 0.5) is 0 Å². The Morgan fingerprint density at radius 1 is 0.857 bits per heavy atom. The predicted molar refractivity (Wildman–Crippen MR) is 114 cm³/mol. The van der Waals surface area contributed by atoms with Crippen LogP contribution in [0.5, 0.6) is 5.88 Å². The fourth-order valence-corrected chi connectivity index (χ4v) is 3.76. The Kier molecular flexibility index (Phi) is 5.54. The molecule has 0 aliphatic heterocycles. The van der Waals surface area contributed by atoms with Gasteiger partial charge in [-0.15, -0.1) is 0 Å². The van der Waals surface area contributed by atoms with Gasteiger partial charge in [0.2, 0.25) is 5.88 Å². The summed E-state index contributed by atoms with van der Waals surface area (Å²) < 4.78 is 5.94. The van der Waals surface area contributed by atoms with E-state index >= 15 is 0 Å². The summed E-state index contributed by atoms with van der Waals surface area (Å²) in [6.45, 7) is 0.446. The van der Waals surface area contributed by atoms with Crippen LogP contribution in [-0.2, 0) is 0 Å². The van der Waals surface area contributed by atoms with E-state index in [0.29, 0.717) is 22.5 Å². The summed E-state index contributed by atoms with van der Waals surface area (Å²) in [6.07, 6.45) is 5.91. The molecule has 0 radical (unpaired) electrons. The highest BCUT2D eigenvalue weighted by molar-refractivity contribution is 6.31. The first-order chi connectivity index (χ1) is 13.5. The SMILES string of the molecule is NC1(COc2cnc(-c3ccc(Cl)cc3)c(-c3ccc(Cl)cc3)n2)CCCC1. The fourth-order valence-electron chi connectivity index (χ4n) is 3.51. The lowest BCUT2D eigenvalue weighted by Crippen LogP contribution is -2.42. The van der Waals surface area contributed by atoms with Crippen molar-refractivity contribution in [3.8, 4) is 28.4 Å². The minimum atomic E-state index is -0.267. The topological polar surface area (TPSA) is 61.0 Å². The van der Waals surface area contributed by atoms with E-state index in [4.69, 9.17) is 38.7 Å². The van der Waals surface area contributed by atoms with Gasteiger partial charge in [-0.05, 0) is 37.1 Å². The largest absolute Gasteiger partial charge is 0.475 e. The third kappa shape index (κ3) is 4.30. The van der Waals surface area contributed by atoms with Crippen LogP contribution in [-0.4, -0.2) is 22.1 Å². The second kappa shape index (κ2) is 8.08. The highest BCUT2D eigenvalue weighted by atomic mass is 35.5. The molecule has 1 saturated carbocycles. The van der Waals surface area contributed by atoms with Gasteiger partial charge < -0.3 is 10.5 Å². The maximum atomic E-state index is 6.41. The Labute approximate surface area is 174 Å². The summed E-state index contributed by atoms with van der Waals surface area (Å²) >= 11 is 12.1. The number of hydrogen-bond donors (Lipinski definition) is 1. The quantitative estimate of drug-likeness (QED) is 0.576. The van der Waals surface area contributed by atoms with E-state index in [1.54, 1.807) is 6.20 Å². The molecule has 4 nitrogen and oxygen atoms in total. The van der Waals surface area contributed by atoms with Crippen molar-refractivity contribution >= 4 is 23.2 Å². The zero-order valence-corrected chi connectivity index (χ0v) is 16.9. The van der Waals surface area contributed by atoms with Crippen LogP contribution in [0, 0.1) is 0 Å². The minimum absolute atomic E-state index is 0.267. The van der Waals surface area contributed by atoms with Gasteiger partial charge in [0, 0.05) is 21.2 Å². The average Bonchev–Trinajstić information content (AvgIpc) is 3.14. The molecule has 1 aromatic heterocycles. The molecular formula is C22H21Cl2N3O. The molecule has 2 N–H and O–H groups in total. The molecule has 2 aromatic carbocycles. The molecule has 1 aliphatic rings. The molecule has 4 rings (SSSR count). The molecule has 28 heavy (non-hydrogen) atoms. The maximum absolute atomic E-state index is 6.41. The maximum Gasteiger partial charge on any atom is 0.232 e. The van der Waals surface area contributed by atoms with Gasteiger partial charge in [-0.25, -0.2) is 9.97 Å². The molecular weight excluding hydrogens is 393 g/mol. The number of nitrogens with zero attached hydrogens (tertiary/aromatic N) is 2. The summed E-state index contributed by atoms with van der Waals surface area (Å²) in [4.78, 5) is 9.39. The van der Waals surface area contributed by atoms with E-state index in [-0.39, 0.29) is 5.54 Å². The van der Waals surface area contributed by atoms with E-state index in [0.717, 1.165) is 48.2 Å².